The van der Waals surface area contributed by atoms with Crippen LogP contribution in [0.3, 0.4) is 0 Å². The Labute approximate surface area is 182 Å². The monoisotopic (exact) mass is 488 g/mol. The third-order valence-electron chi connectivity index (χ3n) is 3.89. The molecule has 154 valence electrons. The maximum absolute atomic E-state index is 12.3. The molecule has 7 nitrogen and oxygen atoms in total. The first-order valence-electron chi connectivity index (χ1n) is 8.65. The van der Waals surface area contributed by atoms with Crippen molar-refractivity contribution in [1.82, 2.24) is 4.83 Å². The third-order valence-corrected chi connectivity index (χ3v) is 5.62. The summed E-state index contributed by atoms with van der Waals surface area (Å²) < 4.78 is 35.8. The molecular weight excluding hydrogens is 472 g/mol. The first-order chi connectivity index (χ1) is 14.4. The molecule has 0 spiro atoms. The van der Waals surface area contributed by atoms with E-state index in [0.717, 1.165) is 4.47 Å². The largest absolute Gasteiger partial charge is 0.493 e. The van der Waals surface area contributed by atoms with Crippen LogP contribution in [0.5, 0.6) is 11.5 Å². The van der Waals surface area contributed by atoms with Crippen molar-refractivity contribution in [2.75, 3.05) is 7.11 Å². The van der Waals surface area contributed by atoms with Crippen LogP contribution in [0.4, 0.5) is 0 Å². The molecule has 0 aromatic heterocycles. The van der Waals surface area contributed by atoms with E-state index in [9.17, 15) is 13.2 Å². The van der Waals surface area contributed by atoms with Gasteiger partial charge in [0.05, 0.1) is 23.8 Å². The number of methoxy groups -OCH3 is 1. The molecule has 0 aliphatic rings. The number of hydrogen-bond donors (Lipinski definition) is 1. The molecule has 0 aliphatic heterocycles. The lowest BCUT2D eigenvalue weighted by Crippen LogP contribution is -2.18. The van der Waals surface area contributed by atoms with Gasteiger partial charge in [-0.15, -0.1) is 0 Å². The number of carbonyl (C=O) groups excluding carboxylic acids is 1. The quantitative estimate of drug-likeness (QED) is 0.235. The second-order valence-electron chi connectivity index (χ2n) is 5.98. The summed E-state index contributed by atoms with van der Waals surface area (Å²) in [5.74, 6) is -0.00987. The van der Waals surface area contributed by atoms with E-state index in [0.29, 0.717) is 16.9 Å². The Kier molecular flexibility index (Phi) is 6.86. The summed E-state index contributed by atoms with van der Waals surface area (Å²) in [4.78, 5) is 14.6. The fraction of sp³-hybridized carbons (Fsp3) is 0.0476. The van der Waals surface area contributed by atoms with Crippen LogP contribution in [0, 0.1) is 0 Å². The van der Waals surface area contributed by atoms with E-state index in [1.165, 1.54) is 25.5 Å². The van der Waals surface area contributed by atoms with Gasteiger partial charge in [-0.1, -0.05) is 40.2 Å². The Bertz CT molecular complexity index is 1180. The summed E-state index contributed by atoms with van der Waals surface area (Å²) >= 11 is 3.31. The molecular formula is C21H17BrN2O5S. The van der Waals surface area contributed by atoms with Crippen molar-refractivity contribution >= 4 is 38.1 Å². The van der Waals surface area contributed by atoms with Crippen molar-refractivity contribution < 1.29 is 22.7 Å². The Hall–Kier alpha value is -3.17. The zero-order valence-electron chi connectivity index (χ0n) is 15.8. The van der Waals surface area contributed by atoms with Gasteiger partial charge in [-0.25, -0.2) is 9.63 Å². The van der Waals surface area contributed by atoms with E-state index in [1.807, 2.05) is 0 Å². The van der Waals surface area contributed by atoms with Crippen molar-refractivity contribution in [1.29, 1.82) is 0 Å². The van der Waals surface area contributed by atoms with E-state index in [2.05, 4.69) is 25.9 Å². The molecule has 1 N–H and O–H groups in total. The highest BCUT2D eigenvalue weighted by molar-refractivity contribution is 9.10. The van der Waals surface area contributed by atoms with Crippen molar-refractivity contribution in [3.05, 3.63) is 88.4 Å². The molecule has 30 heavy (non-hydrogen) atoms. The zero-order chi connectivity index (χ0) is 21.6. The number of nitrogens with zero attached hydrogens (tertiary/aromatic N) is 1. The van der Waals surface area contributed by atoms with Gasteiger partial charge in [0.25, 0.3) is 10.0 Å². The van der Waals surface area contributed by atoms with Crippen LogP contribution in [0.15, 0.2) is 87.3 Å². The molecule has 3 aromatic carbocycles. The number of esters is 1. The number of halogens is 1. The standard InChI is InChI=1S/C21H17BrN2O5S/c1-28-20-12-15(14-23-24-30(26,27)18-8-3-2-4-9-18)10-11-19(20)29-21(25)16-6-5-7-17(22)13-16/h2-14,24H,1H3/b23-14-. The number of ether oxygens (including phenoxy) is 2. The summed E-state index contributed by atoms with van der Waals surface area (Å²) in [6, 6.07) is 19.5. The lowest BCUT2D eigenvalue weighted by Gasteiger charge is -2.10. The van der Waals surface area contributed by atoms with Crippen LogP contribution in [-0.2, 0) is 10.0 Å². The van der Waals surface area contributed by atoms with Gasteiger partial charge >= 0.3 is 5.97 Å². The third kappa shape index (κ3) is 5.46. The Balaban J connectivity index is 1.72. The van der Waals surface area contributed by atoms with Gasteiger partial charge in [0.2, 0.25) is 0 Å². The second-order valence-corrected chi connectivity index (χ2v) is 8.55. The first-order valence-corrected chi connectivity index (χ1v) is 10.9. The highest BCUT2D eigenvalue weighted by Gasteiger charge is 2.14. The summed E-state index contributed by atoms with van der Waals surface area (Å²) in [5, 5.41) is 3.78. The molecule has 9 heteroatoms. The van der Waals surface area contributed by atoms with Crippen molar-refractivity contribution in [2.24, 2.45) is 5.10 Å². The average molecular weight is 489 g/mol. The van der Waals surface area contributed by atoms with Gasteiger partial charge in [0, 0.05) is 4.47 Å². The SMILES string of the molecule is COc1cc(/C=N\NS(=O)(=O)c2ccccc2)ccc1OC(=O)c1cccc(Br)c1. The van der Waals surface area contributed by atoms with Crippen LogP contribution in [0.1, 0.15) is 15.9 Å². The van der Waals surface area contributed by atoms with E-state index >= 15 is 0 Å². The minimum absolute atomic E-state index is 0.106. The maximum Gasteiger partial charge on any atom is 0.343 e. The molecule has 0 radical (unpaired) electrons. The topological polar surface area (TPSA) is 94.1 Å². The summed E-state index contributed by atoms with van der Waals surface area (Å²) in [6.07, 6.45) is 1.32. The van der Waals surface area contributed by atoms with Gasteiger partial charge in [0.1, 0.15) is 0 Å². The smallest absolute Gasteiger partial charge is 0.343 e. The predicted molar refractivity (Wildman–Crippen MR) is 116 cm³/mol. The zero-order valence-corrected chi connectivity index (χ0v) is 18.2. The molecule has 0 unspecified atom stereocenters. The maximum atomic E-state index is 12.3. The van der Waals surface area contributed by atoms with Crippen LogP contribution >= 0.6 is 15.9 Å². The molecule has 0 atom stereocenters. The van der Waals surface area contributed by atoms with E-state index in [1.54, 1.807) is 60.7 Å². The number of nitrogens with one attached hydrogen (secondary N) is 1. The molecule has 3 rings (SSSR count). The predicted octanol–water partition coefficient (Wildman–Crippen LogP) is 3.99. The van der Waals surface area contributed by atoms with E-state index in [4.69, 9.17) is 9.47 Å². The lowest BCUT2D eigenvalue weighted by molar-refractivity contribution is 0.0729. The lowest BCUT2D eigenvalue weighted by atomic mass is 10.2. The molecule has 0 amide bonds. The van der Waals surface area contributed by atoms with Gasteiger partial charge in [-0.2, -0.15) is 13.5 Å². The normalized spacial score (nSPS) is 11.3. The van der Waals surface area contributed by atoms with Crippen molar-refractivity contribution in [2.45, 2.75) is 4.90 Å². The number of hydrogen-bond acceptors (Lipinski definition) is 6. The minimum atomic E-state index is -3.76. The molecule has 0 aliphatic carbocycles. The fourth-order valence-electron chi connectivity index (χ4n) is 2.45. The number of sulfonamides is 1. The second kappa shape index (κ2) is 9.55. The molecule has 0 heterocycles. The number of benzene rings is 3. The first kappa shape index (κ1) is 21.5. The highest BCUT2D eigenvalue weighted by Crippen LogP contribution is 2.28. The van der Waals surface area contributed by atoms with Crippen LogP contribution in [0.25, 0.3) is 0 Å². The van der Waals surface area contributed by atoms with Gasteiger partial charge in [-0.3, -0.25) is 0 Å². The molecule has 0 bridgehead atoms. The fourth-order valence-corrected chi connectivity index (χ4v) is 3.66. The van der Waals surface area contributed by atoms with E-state index < -0.39 is 16.0 Å². The van der Waals surface area contributed by atoms with Crippen LogP contribution in [0.2, 0.25) is 0 Å². The molecule has 0 saturated heterocycles. The molecule has 0 fully saturated rings. The van der Waals surface area contributed by atoms with Crippen molar-refractivity contribution in [3.8, 4) is 11.5 Å². The molecule has 0 saturated carbocycles. The van der Waals surface area contributed by atoms with E-state index in [-0.39, 0.29) is 10.6 Å². The minimum Gasteiger partial charge on any atom is -0.493 e. The van der Waals surface area contributed by atoms with Crippen molar-refractivity contribution in [3.63, 3.8) is 0 Å². The van der Waals surface area contributed by atoms with Gasteiger partial charge in [0.15, 0.2) is 11.5 Å². The number of carbonyl (C=O) groups is 1. The number of rotatable bonds is 7. The van der Waals surface area contributed by atoms with Gasteiger partial charge < -0.3 is 9.47 Å². The Morgan fingerprint density at radius 2 is 1.77 bits per heavy atom. The Morgan fingerprint density at radius 1 is 1.00 bits per heavy atom. The molecule has 3 aromatic rings. The number of hydrazone groups is 1. The highest BCUT2D eigenvalue weighted by atomic mass is 79.9. The summed E-state index contributed by atoms with van der Waals surface area (Å²) in [7, 11) is -2.32. The summed E-state index contributed by atoms with van der Waals surface area (Å²) in [5.41, 5.74) is 0.928. The van der Waals surface area contributed by atoms with Gasteiger partial charge in [-0.05, 0) is 54.1 Å². The Morgan fingerprint density at radius 3 is 2.47 bits per heavy atom. The average Bonchev–Trinajstić information content (AvgIpc) is 2.75. The van der Waals surface area contributed by atoms with Crippen LogP contribution in [-0.4, -0.2) is 27.7 Å². The van der Waals surface area contributed by atoms with Crippen LogP contribution < -0.4 is 14.3 Å². The summed E-state index contributed by atoms with van der Waals surface area (Å²) in [6.45, 7) is 0.